The number of amides is 1. The van der Waals surface area contributed by atoms with Gasteiger partial charge in [0.15, 0.2) is 0 Å². The summed E-state index contributed by atoms with van der Waals surface area (Å²) in [4.78, 5) is 14.2. The molecule has 1 amide bonds. The van der Waals surface area contributed by atoms with Crippen LogP contribution in [0, 0.1) is 5.92 Å². The van der Waals surface area contributed by atoms with Crippen molar-refractivity contribution < 1.29 is 9.21 Å². The average Bonchev–Trinajstić information content (AvgIpc) is 3.03. The Bertz CT molecular complexity index is 661. The van der Waals surface area contributed by atoms with Crippen molar-refractivity contribution in [2.75, 3.05) is 13.1 Å². The minimum atomic E-state index is 0.170. The van der Waals surface area contributed by atoms with E-state index in [2.05, 4.69) is 17.1 Å². The van der Waals surface area contributed by atoms with Crippen molar-refractivity contribution in [1.29, 1.82) is 0 Å². The summed E-state index contributed by atoms with van der Waals surface area (Å²) >= 11 is 5.86. The highest BCUT2D eigenvalue weighted by Crippen LogP contribution is 2.21. The van der Waals surface area contributed by atoms with Gasteiger partial charge in [0.1, 0.15) is 0 Å². The lowest BCUT2D eigenvalue weighted by atomic mass is 9.99. The number of carbonyl (C=O) groups excluding carboxylic acids is 1. The number of benzene rings is 1. The number of halogens is 1. The van der Waals surface area contributed by atoms with Gasteiger partial charge in [-0.3, -0.25) is 4.79 Å². The molecule has 1 aliphatic rings. The van der Waals surface area contributed by atoms with Crippen LogP contribution in [0.15, 0.2) is 28.7 Å². The van der Waals surface area contributed by atoms with Crippen molar-refractivity contribution in [3.63, 3.8) is 0 Å². The Hall–Kier alpha value is -1.88. The Morgan fingerprint density at radius 2 is 1.96 bits per heavy atom. The van der Waals surface area contributed by atoms with Gasteiger partial charge in [-0.2, -0.15) is 0 Å². The maximum atomic E-state index is 12.2. The standard InChI is InChI=1S/C17H20ClN3O2/c1-12-8-10-21(11-9-12)16(22)7-6-15-19-20-17(23-15)13-2-4-14(18)5-3-13/h2-5,12H,6-11H2,1H3. The number of likely N-dealkylation sites (tertiary alicyclic amines) is 1. The van der Waals surface area contributed by atoms with Crippen molar-refractivity contribution in [2.24, 2.45) is 5.92 Å². The molecule has 2 aromatic rings. The first-order valence-corrected chi connectivity index (χ1v) is 8.35. The molecule has 0 aliphatic carbocycles. The largest absolute Gasteiger partial charge is 0.421 e. The molecule has 0 spiro atoms. The van der Waals surface area contributed by atoms with E-state index in [1.165, 1.54) is 0 Å². The van der Waals surface area contributed by atoms with Crippen molar-refractivity contribution in [3.05, 3.63) is 35.2 Å². The normalized spacial score (nSPS) is 15.8. The Labute approximate surface area is 140 Å². The summed E-state index contributed by atoms with van der Waals surface area (Å²) in [5.74, 6) is 1.84. The van der Waals surface area contributed by atoms with Gasteiger partial charge in [0, 0.05) is 36.5 Å². The van der Waals surface area contributed by atoms with Gasteiger partial charge in [0.05, 0.1) is 0 Å². The molecule has 1 aromatic carbocycles. The maximum Gasteiger partial charge on any atom is 0.247 e. The zero-order valence-corrected chi connectivity index (χ0v) is 13.9. The van der Waals surface area contributed by atoms with Gasteiger partial charge in [-0.1, -0.05) is 18.5 Å². The second-order valence-electron chi connectivity index (χ2n) is 6.07. The molecule has 0 N–H and O–H groups in total. The first kappa shape index (κ1) is 16.0. The highest BCUT2D eigenvalue weighted by molar-refractivity contribution is 6.30. The Morgan fingerprint density at radius 1 is 1.26 bits per heavy atom. The third-order valence-corrected chi connectivity index (χ3v) is 4.50. The summed E-state index contributed by atoms with van der Waals surface area (Å²) in [5, 5.41) is 8.72. The van der Waals surface area contributed by atoms with Crippen LogP contribution in [0.25, 0.3) is 11.5 Å². The Balaban J connectivity index is 1.55. The molecule has 0 unspecified atom stereocenters. The van der Waals surface area contributed by atoms with Crippen LogP contribution < -0.4 is 0 Å². The average molecular weight is 334 g/mol. The summed E-state index contributed by atoms with van der Waals surface area (Å²) in [5.41, 5.74) is 0.824. The van der Waals surface area contributed by atoms with E-state index in [0.29, 0.717) is 29.6 Å². The minimum absolute atomic E-state index is 0.170. The third kappa shape index (κ3) is 4.10. The SMILES string of the molecule is CC1CCN(C(=O)CCc2nnc(-c3ccc(Cl)cc3)o2)CC1. The fraction of sp³-hybridized carbons (Fsp3) is 0.471. The summed E-state index contributed by atoms with van der Waals surface area (Å²) in [6.07, 6.45) is 3.07. The fourth-order valence-electron chi connectivity index (χ4n) is 2.69. The van der Waals surface area contributed by atoms with Crippen LogP contribution in [0.2, 0.25) is 5.02 Å². The molecular weight excluding hydrogens is 314 g/mol. The van der Waals surface area contributed by atoms with Crippen LogP contribution in [0.1, 0.15) is 32.1 Å². The first-order valence-electron chi connectivity index (χ1n) is 7.98. The Morgan fingerprint density at radius 3 is 2.65 bits per heavy atom. The lowest BCUT2D eigenvalue weighted by Gasteiger charge is -2.30. The third-order valence-electron chi connectivity index (χ3n) is 4.25. The highest BCUT2D eigenvalue weighted by Gasteiger charge is 2.20. The number of aromatic nitrogens is 2. The van der Waals surface area contributed by atoms with Crippen LogP contribution in [0.5, 0.6) is 0 Å². The van der Waals surface area contributed by atoms with Gasteiger partial charge >= 0.3 is 0 Å². The van der Waals surface area contributed by atoms with E-state index in [0.717, 1.165) is 37.4 Å². The van der Waals surface area contributed by atoms with Gasteiger partial charge < -0.3 is 9.32 Å². The molecule has 23 heavy (non-hydrogen) atoms. The lowest BCUT2D eigenvalue weighted by molar-refractivity contribution is -0.132. The predicted octanol–water partition coefficient (Wildman–Crippen LogP) is 3.58. The van der Waals surface area contributed by atoms with Crippen molar-refractivity contribution in [1.82, 2.24) is 15.1 Å². The Kier molecular flexibility index (Phi) is 4.96. The van der Waals surface area contributed by atoms with Crippen molar-refractivity contribution in [2.45, 2.75) is 32.6 Å². The molecule has 2 heterocycles. The molecule has 1 saturated heterocycles. The number of hydrogen-bond acceptors (Lipinski definition) is 4. The quantitative estimate of drug-likeness (QED) is 0.858. The second kappa shape index (κ2) is 7.13. The summed E-state index contributed by atoms with van der Waals surface area (Å²) < 4.78 is 5.63. The van der Waals surface area contributed by atoms with E-state index < -0.39 is 0 Å². The van der Waals surface area contributed by atoms with Gasteiger partial charge in [0.2, 0.25) is 17.7 Å². The van der Waals surface area contributed by atoms with Crippen LogP contribution >= 0.6 is 11.6 Å². The summed E-state index contributed by atoms with van der Waals surface area (Å²) in [7, 11) is 0. The van der Waals surface area contributed by atoms with Gasteiger partial charge in [-0.05, 0) is 43.0 Å². The molecule has 1 aromatic heterocycles. The maximum absolute atomic E-state index is 12.2. The summed E-state index contributed by atoms with van der Waals surface area (Å²) in [6.45, 7) is 3.96. The predicted molar refractivity (Wildman–Crippen MR) is 88.0 cm³/mol. The van der Waals surface area contributed by atoms with E-state index in [1.807, 2.05) is 17.0 Å². The lowest BCUT2D eigenvalue weighted by Crippen LogP contribution is -2.38. The number of rotatable bonds is 4. The van der Waals surface area contributed by atoms with E-state index >= 15 is 0 Å². The molecule has 6 heteroatoms. The highest BCUT2D eigenvalue weighted by atomic mass is 35.5. The van der Waals surface area contributed by atoms with E-state index in [9.17, 15) is 4.79 Å². The molecule has 0 radical (unpaired) electrons. The monoisotopic (exact) mass is 333 g/mol. The molecular formula is C17H20ClN3O2. The van der Waals surface area contributed by atoms with Crippen molar-refractivity contribution >= 4 is 17.5 Å². The molecule has 5 nitrogen and oxygen atoms in total. The molecule has 1 aliphatic heterocycles. The van der Waals surface area contributed by atoms with Crippen molar-refractivity contribution in [3.8, 4) is 11.5 Å². The molecule has 122 valence electrons. The zero-order valence-electron chi connectivity index (χ0n) is 13.2. The number of piperidine rings is 1. The summed E-state index contributed by atoms with van der Waals surface area (Å²) in [6, 6.07) is 7.22. The first-order chi connectivity index (χ1) is 11.1. The molecule has 3 rings (SSSR count). The fourth-order valence-corrected chi connectivity index (χ4v) is 2.82. The zero-order chi connectivity index (χ0) is 16.2. The molecule has 1 fully saturated rings. The van der Waals surface area contributed by atoms with E-state index in [-0.39, 0.29) is 5.91 Å². The topological polar surface area (TPSA) is 59.2 Å². The molecule has 0 bridgehead atoms. The minimum Gasteiger partial charge on any atom is -0.421 e. The number of carbonyl (C=O) groups is 1. The molecule has 0 saturated carbocycles. The smallest absolute Gasteiger partial charge is 0.247 e. The number of aryl methyl sites for hydroxylation is 1. The van der Waals surface area contributed by atoms with Crippen LogP contribution in [-0.4, -0.2) is 34.1 Å². The van der Waals surface area contributed by atoms with Crippen LogP contribution in [0.3, 0.4) is 0 Å². The van der Waals surface area contributed by atoms with E-state index in [1.54, 1.807) is 12.1 Å². The van der Waals surface area contributed by atoms with Gasteiger partial charge in [-0.15, -0.1) is 10.2 Å². The van der Waals surface area contributed by atoms with Gasteiger partial charge in [0.25, 0.3) is 0 Å². The van der Waals surface area contributed by atoms with Crippen LogP contribution in [0.4, 0.5) is 0 Å². The van der Waals surface area contributed by atoms with Crippen LogP contribution in [-0.2, 0) is 11.2 Å². The van der Waals surface area contributed by atoms with Gasteiger partial charge in [-0.25, -0.2) is 0 Å². The number of nitrogens with zero attached hydrogens (tertiary/aromatic N) is 3. The second-order valence-corrected chi connectivity index (χ2v) is 6.51. The molecule has 0 atom stereocenters. The van der Waals surface area contributed by atoms with E-state index in [4.69, 9.17) is 16.0 Å². The number of hydrogen-bond donors (Lipinski definition) is 0.